The van der Waals surface area contributed by atoms with Crippen molar-refractivity contribution in [3.05, 3.63) is 53.9 Å². The van der Waals surface area contributed by atoms with Crippen molar-refractivity contribution in [1.82, 2.24) is 39.8 Å². The van der Waals surface area contributed by atoms with Crippen LogP contribution in [0.5, 0.6) is 0 Å². The number of amides is 4. The summed E-state index contributed by atoms with van der Waals surface area (Å²) in [6, 6.07) is 9.34. The summed E-state index contributed by atoms with van der Waals surface area (Å²) in [4.78, 5) is 76.1. The van der Waals surface area contributed by atoms with E-state index in [1.165, 1.54) is 0 Å². The Morgan fingerprint density at radius 2 is 1.57 bits per heavy atom. The summed E-state index contributed by atoms with van der Waals surface area (Å²) in [5.41, 5.74) is 2.65. The number of aromatic nitrogens is 5. The predicted molar refractivity (Wildman–Crippen MR) is 229 cm³/mol. The Balaban J connectivity index is 0.764. The lowest BCUT2D eigenvalue weighted by atomic mass is 9.95. The van der Waals surface area contributed by atoms with Crippen LogP contribution in [0.4, 0.5) is 29.1 Å². The number of hydrogen-bond acceptors (Lipinski definition) is 14. The summed E-state index contributed by atoms with van der Waals surface area (Å²) in [7, 11) is 1.78. The lowest BCUT2D eigenvalue weighted by molar-refractivity contribution is -0.136. The van der Waals surface area contributed by atoms with Crippen LogP contribution in [0.25, 0.3) is 10.9 Å². The van der Waals surface area contributed by atoms with E-state index in [2.05, 4.69) is 59.8 Å². The van der Waals surface area contributed by atoms with E-state index in [1.54, 1.807) is 19.4 Å². The number of carbonyl (C=O) groups excluding carboxylic acids is 4. The van der Waals surface area contributed by atoms with Crippen molar-refractivity contribution in [2.75, 3.05) is 72.9 Å². The van der Waals surface area contributed by atoms with Crippen LogP contribution in [-0.2, 0) is 14.3 Å². The van der Waals surface area contributed by atoms with Crippen molar-refractivity contribution in [2.24, 2.45) is 5.92 Å². The highest BCUT2D eigenvalue weighted by molar-refractivity contribution is 6.23. The highest BCUT2D eigenvalue weighted by Crippen LogP contribution is 2.39. The molecule has 3 aromatic heterocycles. The van der Waals surface area contributed by atoms with Gasteiger partial charge in [-0.15, -0.1) is 0 Å². The molecule has 0 aliphatic carbocycles. The first kappa shape index (κ1) is 39.5. The van der Waals surface area contributed by atoms with Crippen LogP contribution in [0.2, 0.25) is 0 Å². The van der Waals surface area contributed by atoms with Gasteiger partial charge in [0.1, 0.15) is 17.7 Å². The first-order valence-electron chi connectivity index (χ1n) is 22.0. The molecule has 3 unspecified atom stereocenters. The van der Waals surface area contributed by atoms with Gasteiger partial charge in [0.2, 0.25) is 17.8 Å². The van der Waals surface area contributed by atoms with E-state index in [1.807, 2.05) is 24.4 Å². The third kappa shape index (κ3) is 7.34. The average molecular weight is 831 g/mol. The van der Waals surface area contributed by atoms with Gasteiger partial charge in [-0.1, -0.05) is 0 Å². The van der Waals surface area contributed by atoms with Crippen molar-refractivity contribution in [2.45, 2.75) is 95.5 Å². The standard InChI is InChI=1S/C44H54N12O5/c1-26(2)56-36-21-38(47-37-10-15-45-44(48-37)53-18-13-31(61-3)14-19-53)46-22-34(36)40(50-56)52-16-11-27(12-17-52)23-51-24-29-4-5-30(25-51)54(29)28-6-7-32-33(20-28)43(60)55(42(32)59)35-8-9-39(57)49-41(35)58/h6-7,10,15,20-22,26-27,29-31,35H,4-5,8-9,11-14,16-19,23-25H2,1-3H3,(H,49,57,58)(H,45,46,47,48). The molecule has 17 nitrogen and oxygen atoms in total. The van der Waals surface area contributed by atoms with Crippen molar-refractivity contribution >= 4 is 63.6 Å². The molecule has 10 rings (SSSR count). The number of likely N-dealkylation sites (tertiary alicyclic amines) is 1. The molecule has 2 N–H and O–H groups in total. The monoisotopic (exact) mass is 830 g/mol. The first-order chi connectivity index (χ1) is 29.6. The fourth-order valence-electron chi connectivity index (χ4n) is 10.6. The normalized spacial score (nSPS) is 24.1. The van der Waals surface area contributed by atoms with E-state index in [0.29, 0.717) is 52.8 Å². The van der Waals surface area contributed by atoms with Crippen LogP contribution < -0.4 is 25.3 Å². The van der Waals surface area contributed by atoms with Crippen molar-refractivity contribution in [3.63, 3.8) is 0 Å². The number of carbonyl (C=O) groups is 4. The van der Waals surface area contributed by atoms with Gasteiger partial charge in [0.05, 0.1) is 28.1 Å². The third-order valence-electron chi connectivity index (χ3n) is 13.7. The Hall–Kier alpha value is -5.68. The van der Waals surface area contributed by atoms with Gasteiger partial charge < -0.3 is 24.8 Å². The summed E-state index contributed by atoms with van der Waals surface area (Å²) in [5, 5.41) is 11.9. The van der Waals surface area contributed by atoms with E-state index in [4.69, 9.17) is 19.8 Å². The molecule has 320 valence electrons. The Morgan fingerprint density at radius 3 is 2.30 bits per heavy atom. The van der Waals surface area contributed by atoms with Crippen molar-refractivity contribution in [3.8, 4) is 0 Å². The summed E-state index contributed by atoms with van der Waals surface area (Å²) >= 11 is 0. The number of piperazine rings is 1. The Morgan fingerprint density at radius 1 is 0.836 bits per heavy atom. The SMILES string of the molecule is COC1CCN(c2nccc(Nc3cc4c(cn3)c(N3CCC(CN5CC6CCC(C5)N6c5ccc6c(c5)C(=O)N(C5CCC(=O)NC5=O)C6=O)CC3)nn4C(C)C)n2)CC1. The Kier molecular flexibility index (Phi) is 10.3. The molecule has 6 aliphatic heterocycles. The molecule has 0 radical (unpaired) electrons. The van der Waals surface area contributed by atoms with E-state index in [0.717, 1.165) is 112 Å². The van der Waals surface area contributed by atoms with E-state index < -0.39 is 23.8 Å². The molecule has 4 amide bonds. The highest BCUT2D eigenvalue weighted by Gasteiger charge is 2.46. The zero-order valence-electron chi connectivity index (χ0n) is 35.1. The maximum Gasteiger partial charge on any atom is 0.262 e. The number of rotatable bonds is 10. The molecular formula is C44H54N12O5. The maximum atomic E-state index is 13.6. The number of nitrogens with one attached hydrogen (secondary N) is 2. The minimum absolute atomic E-state index is 0.101. The van der Waals surface area contributed by atoms with E-state index in [-0.39, 0.29) is 24.8 Å². The molecule has 1 aromatic carbocycles. The summed E-state index contributed by atoms with van der Waals surface area (Å²) < 4.78 is 7.64. The van der Waals surface area contributed by atoms with Crippen LogP contribution >= 0.6 is 0 Å². The second kappa shape index (κ2) is 16.0. The highest BCUT2D eigenvalue weighted by atomic mass is 16.5. The largest absolute Gasteiger partial charge is 0.381 e. The molecule has 5 fully saturated rings. The minimum atomic E-state index is -0.967. The van der Waals surface area contributed by atoms with Gasteiger partial charge >= 0.3 is 0 Å². The first-order valence-corrected chi connectivity index (χ1v) is 22.0. The second-order valence-electron chi connectivity index (χ2n) is 17.9. The smallest absolute Gasteiger partial charge is 0.262 e. The van der Waals surface area contributed by atoms with Gasteiger partial charge in [-0.3, -0.25) is 39.0 Å². The van der Waals surface area contributed by atoms with Crippen LogP contribution in [0, 0.1) is 5.92 Å². The number of imide groups is 2. The molecular weight excluding hydrogens is 777 g/mol. The lowest BCUT2D eigenvalue weighted by Crippen LogP contribution is -2.55. The number of pyridine rings is 1. The average Bonchev–Trinajstić information content (AvgIpc) is 3.86. The van der Waals surface area contributed by atoms with Gasteiger partial charge in [0, 0.05) is 102 Å². The number of anilines is 5. The molecule has 0 saturated carbocycles. The summed E-state index contributed by atoms with van der Waals surface area (Å²) in [6.07, 6.45) is 10.5. The fourth-order valence-corrected chi connectivity index (χ4v) is 10.6. The van der Waals surface area contributed by atoms with Gasteiger partial charge in [-0.2, -0.15) is 10.1 Å². The lowest BCUT2D eigenvalue weighted by Gasteiger charge is -2.44. The molecule has 2 bridgehead atoms. The second-order valence-corrected chi connectivity index (χ2v) is 17.9. The third-order valence-corrected chi connectivity index (χ3v) is 13.7. The number of benzene rings is 1. The minimum Gasteiger partial charge on any atom is -0.381 e. The zero-order chi connectivity index (χ0) is 41.9. The van der Waals surface area contributed by atoms with E-state index in [9.17, 15) is 19.2 Å². The molecule has 61 heavy (non-hydrogen) atoms. The summed E-state index contributed by atoms with van der Waals surface area (Å²) in [6.45, 7) is 10.9. The Bertz CT molecular complexity index is 2360. The maximum absolute atomic E-state index is 13.6. The number of fused-ring (bicyclic) bond motifs is 4. The van der Waals surface area contributed by atoms with Crippen molar-refractivity contribution in [1.29, 1.82) is 0 Å². The topological polar surface area (TPSA) is 174 Å². The van der Waals surface area contributed by atoms with Gasteiger partial charge in [-0.05, 0) is 89.0 Å². The van der Waals surface area contributed by atoms with Crippen LogP contribution in [0.15, 0.2) is 42.7 Å². The Labute approximate surface area is 354 Å². The number of piperidine rings is 3. The molecule has 17 heteroatoms. The number of methoxy groups -OCH3 is 1. The molecule has 6 aliphatic rings. The summed E-state index contributed by atoms with van der Waals surface area (Å²) in [5.74, 6) is 1.80. The van der Waals surface area contributed by atoms with Crippen LogP contribution in [0.3, 0.4) is 0 Å². The fraction of sp³-hybridized carbons (Fsp3) is 0.545. The van der Waals surface area contributed by atoms with Crippen molar-refractivity contribution < 1.29 is 23.9 Å². The molecule has 3 atom stereocenters. The van der Waals surface area contributed by atoms with Gasteiger partial charge in [0.15, 0.2) is 5.82 Å². The molecule has 9 heterocycles. The van der Waals surface area contributed by atoms with Gasteiger partial charge in [0.25, 0.3) is 11.8 Å². The van der Waals surface area contributed by atoms with Crippen LogP contribution in [0.1, 0.15) is 92.0 Å². The molecule has 5 saturated heterocycles. The number of hydrogen-bond donors (Lipinski definition) is 2. The quantitative estimate of drug-likeness (QED) is 0.219. The number of nitrogens with zero attached hydrogens (tertiary/aromatic N) is 10. The van der Waals surface area contributed by atoms with E-state index >= 15 is 0 Å². The zero-order valence-corrected chi connectivity index (χ0v) is 35.1. The van der Waals surface area contributed by atoms with Crippen LogP contribution in [-0.4, -0.2) is 135 Å². The molecule has 0 spiro atoms. The molecule has 4 aromatic rings. The predicted octanol–water partition coefficient (Wildman–Crippen LogP) is 4.13. The number of ether oxygens (including phenoxy) is 1. The van der Waals surface area contributed by atoms with Gasteiger partial charge in [-0.25, -0.2) is 9.97 Å².